The normalized spacial score (nSPS) is 28.7. The highest BCUT2D eigenvalue weighted by Gasteiger charge is 2.37. The summed E-state index contributed by atoms with van der Waals surface area (Å²) in [6.07, 6.45) is 4.43. The molecule has 1 aromatic heterocycles. The van der Waals surface area contributed by atoms with Gasteiger partial charge in [-0.1, -0.05) is 24.3 Å². The van der Waals surface area contributed by atoms with Gasteiger partial charge in [0.25, 0.3) is 0 Å². The molecule has 2 aromatic rings. The first kappa shape index (κ1) is 13.9. The molecule has 1 saturated heterocycles. The Morgan fingerprint density at radius 2 is 2.18 bits per heavy atom. The van der Waals surface area contributed by atoms with Gasteiger partial charge in [-0.3, -0.25) is 9.58 Å². The van der Waals surface area contributed by atoms with Gasteiger partial charge in [-0.25, -0.2) is 0 Å². The van der Waals surface area contributed by atoms with Crippen molar-refractivity contribution in [2.45, 2.75) is 24.7 Å². The van der Waals surface area contributed by atoms with Crippen molar-refractivity contribution in [2.75, 3.05) is 19.7 Å². The summed E-state index contributed by atoms with van der Waals surface area (Å²) < 4.78 is 7.71. The Hall–Kier alpha value is -1.69. The number of hydrogen-bond acceptors (Lipinski definition) is 4. The number of ether oxygens (including phenoxy) is 1. The second-order valence-electron chi connectivity index (χ2n) is 6.22. The summed E-state index contributed by atoms with van der Waals surface area (Å²) in [5, 5.41) is 14.9. The van der Waals surface area contributed by atoms with Crippen LogP contribution >= 0.6 is 0 Å². The van der Waals surface area contributed by atoms with Crippen LogP contribution in [0.2, 0.25) is 0 Å². The summed E-state index contributed by atoms with van der Waals surface area (Å²) in [6.45, 7) is 2.37. The van der Waals surface area contributed by atoms with Crippen molar-refractivity contribution in [3.63, 3.8) is 0 Å². The average molecular weight is 299 g/mol. The highest BCUT2D eigenvalue weighted by Crippen LogP contribution is 2.36. The Morgan fingerprint density at radius 3 is 2.95 bits per heavy atom. The number of hydrogen-bond donors (Lipinski definition) is 1. The van der Waals surface area contributed by atoms with Gasteiger partial charge in [0.15, 0.2) is 0 Å². The van der Waals surface area contributed by atoms with E-state index in [0.717, 1.165) is 30.6 Å². The Bertz CT molecular complexity index is 669. The lowest BCUT2D eigenvalue weighted by atomic mass is 10.1. The SMILES string of the molecule is Cn1cc(C2CN(C3Cc4ccccc4C3O)CCO2)cn1. The molecule has 0 bridgehead atoms. The lowest BCUT2D eigenvalue weighted by molar-refractivity contribution is -0.0633. The summed E-state index contributed by atoms with van der Waals surface area (Å²) in [7, 11) is 1.92. The molecular weight excluding hydrogens is 278 g/mol. The van der Waals surface area contributed by atoms with E-state index in [0.29, 0.717) is 6.61 Å². The Morgan fingerprint density at radius 1 is 1.32 bits per heavy atom. The van der Waals surface area contributed by atoms with E-state index in [1.165, 1.54) is 5.56 Å². The summed E-state index contributed by atoms with van der Waals surface area (Å²) in [5.41, 5.74) is 3.46. The molecule has 2 aliphatic rings. The van der Waals surface area contributed by atoms with Crippen LogP contribution in [-0.4, -0.2) is 45.5 Å². The van der Waals surface area contributed by atoms with Crippen LogP contribution in [0.5, 0.6) is 0 Å². The second kappa shape index (κ2) is 5.50. The molecular formula is C17H21N3O2. The molecule has 1 aliphatic heterocycles. The number of aromatic nitrogens is 2. The van der Waals surface area contributed by atoms with Crippen molar-refractivity contribution in [1.82, 2.24) is 14.7 Å². The average Bonchev–Trinajstić information content (AvgIpc) is 3.12. The number of morpholine rings is 1. The van der Waals surface area contributed by atoms with Gasteiger partial charge in [-0.15, -0.1) is 0 Å². The molecule has 2 heterocycles. The van der Waals surface area contributed by atoms with Crippen LogP contribution in [0.25, 0.3) is 0 Å². The molecule has 22 heavy (non-hydrogen) atoms. The minimum atomic E-state index is -0.399. The standard InChI is InChI=1S/C17H21N3O2/c1-19-10-13(9-18-19)16-11-20(6-7-22-16)15-8-12-4-2-3-5-14(12)17(15)21/h2-5,9-10,15-17,21H,6-8,11H2,1H3. The molecule has 1 aromatic carbocycles. The molecule has 5 heteroatoms. The molecule has 1 N–H and O–H groups in total. The highest BCUT2D eigenvalue weighted by molar-refractivity contribution is 5.36. The van der Waals surface area contributed by atoms with E-state index in [1.807, 2.05) is 37.6 Å². The molecule has 1 fully saturated rings. The van der Waals surface area contributed by atoms with Crippen LogP contribution in [0.1, 0.15) is 28.9 Å². The van der Waals surface area contributed by atoms with Crippen LogP contribution in [-0.2, 0) is 18.2 Å². The zero-order valence-corrected chi connectivity index (χ0v) is 12.7. The lowest BCUT2D eigenvalue weighted by Gasteiger charge is -2.37. The van der Waals surface area contributed by atoms with Crippen molar-refractivity contribution in [3.05, 3.63) is 53.3 Å². The molecule has 1 aliphatic carbocycles. The van der Waals surface area contributed by atoms with Crippen molar-refractivity contribution >= 4 is 0 Å². The molecule has 3 atom stereocenters. The predicted molar refractivity (Wildman–Crippen MR) is 82.4 cm³/mol. The number of fused-ring (bicyclic) bond motifs is 1. The number of benzene rings is 1. The Kier molecular flexibility index (Phi) is 3.48. The van der Waals surface area contributed by atoms with Crippen LogP contribution in [0.15, 0.2) is 36.7 Å². The third kappa shape index (κ3) is 2.35. The van der Waals surface area contributed by atoms with E-state index in [4.69, 9.17) is 4.74 Å². The Labute approximate surface area is 130 Å². The molecule has 5 nitrogen and oxygen atoms in total. The van der Waals surface area contributed by atoms with Gasteiger partial charge < -0.3 is 9.84 Å². The number of aryl methyl sites for hydroxylation is 1. The van der Waals surface area contributed by atoms with E-state index in [1.54, 1.807) is 4.68 Å². The van der Waals surface area contributed by atoms with E-state index >= 15 is 0 Å². The number of rotatable bonds is 2. The first-order valence-corrected chi connectivity index (χ1v) is 7.82. The maximum absolute atomic E-state index is 10.7. The van der Waals surface area contributed by atoms with Gasteiger partial charge in [-0.05, 0) is 17.5 Å². The first-order chi connectivity index (χ1) is 10.7. The van der Waals surface area contributed by atoms with Crippen molar-refractivity contribution < 1.29 is 9.84 Å². The fraction of sp³-hybridized carbons (Fsp3) is 0.471. The van der Waals surface area contributed by atoms with Crippen LogP contribution in [0, 0.1) is 0 Å². The van der Waals surface area contributed by atoms with Crippen LogP contribution in [0.3, 0.4) is 0 Å². The molecule has 0 saturated carbocycles. The highest BCUT2D eigenvalue weighted by atomic mass is 16.5. The second-order valence-corrected chi connectivity index (χ2v) is 6.22. The summed E-state index contributed by atoms with van der Waals surface area (Å²) in [5.74, 6) is 0. The topological polar surface area (TPSA) is 50.5 Å². The lowest BCUT2D eigenvalue weighted by Crippen LogP contribution is -2.46. The minimum Gasteiger partial charge on any atom is -0.387 e. The zero-order valence-electron chi connectivity index (χ0n) is 12.7. The predicted octanol–water partition coefficient (Wildman–Crippen LogP) is 1.45. The molecule has 4 rings (SSSR count). The van der Waals surface area contributed by atoms with Crippen LogP contribution < -0.4 is 0 Å². The summed E-state index contributed by atoms with van der Waals surface area (Å²) >= 11 is 0. The van der Waals surface area contributed by atoms with Gasteiger partial charge in [0.2, 0.25) is 0 Å². The summed E-state index contributed by atoms with van der Waals surface area (Å²) in [6, 6.07) is 8.37. The molecule has 0 radical (unpaired) electrons. The van der Waals surface area contributed by atoms with Gasteiger partial charge in [0.1, 0.15) is 0 Å². The summed E-state index contributed by atoms with van der Waals surface area (Å²) in [4.78, 5) is 2.37. The number of aliphatic hydroxyl groups is 1. The van der Waals surface area contributed by atoms with E-state index in [-0.39, 0.29) is 12.1 Å². The van der Waals surface area contributed by atoms with E-state index in [2.05, 4.69) is 16.1 Å². The molecule has 116 valence electrons. The van der Waals surface area contributed by atoms with Gasteiger partial charge >= 0.3 is 0 Å². The van der Waals surface area contributed by atoms with Crippen molar-refractivity contribution in [2.24, 2.45) is 7.05 Å². The van der Waals surface area contributed by atoms with Crippen LogP contribution in [0.4, 0.5) is 0 Å². The smallest absolute Gasteiger partial charge is 0.0982 e. The van der Waals surface area contributed by atoms with E-state index < -0.39 is 6.10 Å². The molecule has 3 unspecified atom stereocenters. The third-order valence-corrected chi connectivity index (χ3v) is 4.83. The van der Waals surface area contributed by atoms with Gasteiger partial charge in [0, 0.05) is 37.9 Å². The zero-order chi connectivity index (χ0) is 15.1. The first-order valence-electron chi connectivity index (χ1n) is 7.82. The number of nitrogens with zero attached hydrogens (tertiary/aromatic N) is 3. The maximum atomic E-state index is 10.7. The monoisotopic (exact) mass is 299 g/mol. The minimum absolute atomic E-state index is 0.0402. The molecule has 0 amide bonds. The van der Waals surface area contributed by atoms with E-state index in [9.17, 15) is 5.11 Å². The quantitative estimate of drug-likeness (QED) is 0.912. The maximum Gasteiger partial charge on any atom is 0.0982 e. The van der Waals surface area contributed by atoms with Gasteiger partial charge in [-0.2, -0.15) is 5.10 Å². The number of aliphatic hydroxyl groups excluding tert-OH is 1. The fourth-order valence-corrected chi connectivity index (χ4v) is 3.66. The largest absolute Gasteiger partial charge is 0.387 e. The van der Waals surface area contributed by atoms with Gasteiger partial charge in [0.05, 0.1) is 25.0 Å². The molecule has 0 spiro atoms. The Balaban J connectivity index is 1.52. The third-order valence-electron chi connectivity index (χ3n) is 4.83. The van der Waals surface area contributed by atoms with Crippen molar-refractivity contribution in [3.8, 4) is 0 Å². The van der Waals surface area contributed by atoms with Crippen molar-refractivity contribution in [1.29, 1.82) is 0 Å². The fourth-order valence-electron chi connectivity index (χ4n) is 3.66.